The molecule has 2 N–H and O–H groups in total. The molecule has 1 rings (SSSR count). The number of rotatable bonds is 3. The van der Waals surface area contributed by atoms with Gasteiger partial charge in [0.05, 0.1) is 0 Å². The number of nitrogens with one attached hydrogen (secondary N) is 1. The van der Waals surface area contributed by atoms with Gasteiger partial charge in [0.1, 0.15) is 11.9 Å². The van der Waals surface area contributed by atoms with Gasteiger partial charge in [0.25, 0.3) is 5.91 Å². The first-order chi connectivity index (χ1) is 7.40. The van der Waals surface area contributed by atoms with E-state index in [0.29, 0.717) is 5.56 Å². The number of benzene rings is 1. The van der Waals surface area contributed by atoms with Crippen molar-refractivity contribution in [1.29, 1.82) is 0 Å². The van der Waals surface area contributed by atoms with Crippen LogP contribution in [0.5, 0.6) is 0 Å². The maximum absolute atomic E-state index is 13.0. The minimum absolute atomic E-state index is 0.116. The predicted molar refractivity (Wildman–Crippen MR) is 55.7 cm³/mol. The van der Waals surface area contributed by atoms with Crippen LogP contribution in [-0.4, -0.2) is 23.0 Å². The van der Waals surface area contributed by atoms with Crippen LogP contribution < -0.4 is 5.32 Å². The summed E-state index contributed by atoms with van der Waals surface area (Å²) in [7, 11) is 0. The second kappa shape index (κ2) is 4.74. The summed E-state index contributed by atoms with van der Waals surface area (Å²) in [5.41, 5.74) is 0.721. The van der Waals surface area contributed by atoms with E-state index in [-0.39, 0.29) is 5.56 Å². The number of carboxylic acids is 1. The molecule has 0 heterocycles. The van der Waals surface area contributed by atoms with Crippen molar-refractivity contribution in [3.8, 4) is 0 Å². The van der Waals surface area contributed by atoms with Crippen molar-refractivity contribution in [3.05, 3.63) is 35.1 Å². The number of aliphatic carboxylic acids is 1. The number of carbonyl (C=O) groups excluding carboxylic acids is 1. The van der Waals surface area contributed by atoms with Gasteiger partial charge in [0.15, 0.2) is 0 Å². The lowest BCUT2D eigenvalue weighted by Crippen LogP contribution is -2.38. The molecule has 0 aliphatic rings. The third kappa shape index (κ3) is 3.05. The van der Waals surface area contributed by atoms with Crippen molar-refractivity contribution in [1.82, 2.24) is 5.32 Å². The third-order valence-electron chi connectivity index (χ3n) is 2.02. The van der Waals surface area contributed by atoms with Crippen LogP contribution in [0.2, 0.25) is 0 Å². The summed E-state index contributed by atoms with van der Waals surface area (Å²) >= 11 is 0. The Bertz CT molecular complexity index is 411. The largest absolute Gasteiger partial charge is 0.480 e. The van der Waals surface area contributed by atoms with Crippen LogP contribution in [0, 0.1) is 12.7 Å². The summed E-state index contributed by atoms with van der Waals surface area (Å²) in [6.45, 7) is 2.99. The molecule has 0 radical (unpaired) electrons. The first-order valence-corrected chi connectivity index (χ1v) is 4.71. The molecule has 86 valence electrons. The molecule has 4 nitrogen and oxygen atoms in total. The van der Waals surface area contributed by atoms with Gasteiger partial charge in [-0.05, 0) is 37.6 Å². The monoisotopic (exact) mass is 225 g/mol. The summed E-state index contributed by atoms with van der Waals surface area (Å²) in [5, 5.41) is 10.8. The molecule has 0 aliphatic carbocycles. The summed E-state index contributed by atoms with van der Waals surface area (Å²) in [4.78, 5) is 22.0. The molecule has 0 spiro atoms. The number of amides is 1. The third-order valence-corrected chi connectivity index (χ3v) is 2.02. The number of carboxylic acid groups (broad SMARTS) is 1. The topological polar surface area (TPSA) is 66.4 Å². The molecule has 1 aromatic rings. The van der Waals surface area contributed by atoms with E-state index in [9.17, 15) is 14.0 Å². The van der Waals surface area contributed by atoms with Gasteiger partial charge >= 0.3 is 5.97 Å². The molecule has 0 aromatic heterocycles. The van der Waals surface area contributed by atoms with Crippen LogP contribution in [0.4, 0.5) is 4.39 Å². The zero-order valence-corrected chi connectivity index (χ0v) is 8.95. The fraction of sp³-hybridized carbons (Fsp3) is 0.273. The predicted octanol–water partition coefficient (Wildman–Crippen LogP) is 1.34. The molecule has 0 saturated carbocycles. The fourth-order valence-corrected chi connectivity index (χ4v) is 1.21. The standard InChI is InChI=1S/C11H12FNO3/c1-6-3-8(5-9(12)4-6)10(14)13-7(2)11(15)16/h3-5,7H,1-2H3,(H,13,14)(H,15,16). The van der Waals surface area contributed by atoms with Crippen molar-refractivity contribution in [3.63, 3.8) is 0 Å². The van der Waals surface area contributed by atoms with Crippen molar-refractivity contribution in [2.24, 2.45) is 0 Å². The Labute approximate surface area is 92.1 Å². The Kier molecular flexibility index (Phi) is 3.60. The molecule has 16 heavy (non-hydrogen) atoms. The average Bonchev–Trinajstić information content (AvgIpc) is 2.15. The molecule has 1 unspecified atom stereocenters. The lowest BCUT2D eigenvalue weighted by Gasteiger charge is -2.09. The van der Waals surface area contributed by atoms with E-state index in [4.69, 9.17) is 5.11 Å². The highest BCUT2D eigenvalue weighted by Gasteiger charge is 2.15. The summed E-state index contributed by atoms with van der Waals surface area (Å²) in [6, 6.07) is 2.84. The minimum Gasteiger partial charge on any atom is -0.480 e. The van der Waals surface area contributed by atoms with E-state index in [1.54, 1.807) is 6.92 Å². The molecule has 1 atom stereocenters. The summed E-state index contributed by atoms with van der Waals surface area (Å²) in [5.74, 6) is -2.26. The molecular weight excluding hydrogens is 213 g/mol. The van der Waals surface area contributed by atoms with Crippen molar-refractivity contribution < 1.29 is 19.1 Å². The molecule has 0 bridgehead atoms. The fourth-order valence-electron chi connectivity index (χ4n) is 1.21. The summed E-state index contributed by atoms with van der Waals surface area (Å²) < 4.78 is 13.0. The Hall–Kier alpha value is -1.91. The van der Waals surface area contributed by atoms with Crippen LogP contribution in [-0.2, 0) is 4.79 Å². The lowest BCUT2D eigenvalue weighted by molar-refractivity contribution is -0.138. The maximum atomic E-state index is 13.0. The van der Waals surface area contributed by atoms with E-state index in [1.165, 1.54) is 19.1 Å². The van der Waals surface area contributed by atoms with Gasteiger partial charge in [-0.2, -0.15) is 0 Å². The van der Waals surface area contributed by atoms with Gasteiger partial charge in [0.2, 0.25) is 0 Å². The number of aryl methyl sites for hydroxylation is 1. The first-order valence-electron chi connectivity index (χ1n) is 4.71. The van der Waals surface area contributed by atoms with Crippen LogP contribution in [0.1, 0.15) is 22.8 Å². The number of hydrogen-bond acceptors (Lipinski definition) is 2. The molecule has 0 aliphatic heterocycles. The second-order valence-electron chi connectivity index (χ2n) is 3.55. The quantitative estimate of drug-likeness (QED) is 0.815. The highest BCUT2D eigenvalue weighted by atomic mass is 19.1. The zero-order chi connectivity index (χ0) is 12.3. The zero-order valence-electron chi connectivity index (χ0n) is 8.95. The van der Waals surface area contributed by atoms with Crippen molar-refractivity contribution >= 4 is 11.9 Å². The molecular formula is C11H12FNO3. The smallest absolute Gasteiger partial charge is 0.325 e. The SMILES string of the molecule is Cc1cc(F)cc(C(=O)NC(C)C(=O)O)c1. The van der Waals surface area contributed by atoms with E-state index >= 15 is 0 Å². The minimum atomic E-state index is -1.14. The molecule has 1 amide bonds. The highest BCUT2D eigenvalue weighted by molar-refractivity contribution is 5.96. The molecule has 1 aromatic carbocycles. The van der Waals surface area contributed by atoms with Gasteiger partial charge in [-0.15, -0.1) is 0 Å². The first kappa shape index (κ1) is 12.2. The van der Waals surface area contributed by atoms with E-state index in [2.05, 4.69) is 5.32 Å². The number of halogens is 1. The van der Waals surface area contributed by atoms with E-state index < -0.39 is 23.7 Å². The van der Waals surface area contributed by atoms with Crippen LogP contribution in [0.3, 0.4) is 0 Å². The second-order valence-corrected chi connectivity index (χ2v) is 3.55. The Morgan fingerprint density at radius 1 is 1.38 bits per heavy atom. The number of carbonyl (C=O) groups is 2. The van der Waals surface area contributed by atoms with Gasteiger partial charge in [-0.25, -0.2) is 4.39 Å². The normalized spacial score (nSPS) is 11.9. The Balaban J connectivity index is 2.84. The lowest BCUT2D eigenvalue weighted by atomic mass is 10.1. The van der Waals surface area contributed by atoms with Crippen LogP contribution >= 0.6 is 0 Å². The molecule has 0 fully saturated rings. The Morgan fingerprint density at radius 3 is 2.50 bits per heavy atom. The van der Waals surface area contributed by atoms with Crippen LogP contribution in [0.15, 0.2) is 18.2 Å². The molecule has 5 heteroatoms. The van der Waals surface area contributed by atoms with Gasteiger partial charge in [0, 0.05) is 5.56 Å². The number of hydrogen-bond donors (Lipinski definition) is 2. The average molecular weight is 225 g/mol. The van der Waals surface area contributed by atoms with E-state index in [0.717, 1.165) is 6.07 Å². The van der Waals surface area contributed by atoms with Gasteiger partial charge in [-0.1, -0.05) is 0 Å². The Morgan fingerprint density at radius 2 is 2.00 bits per heavy atom. The van der Waals surface area contributed by atoms with E-state index in [1.807, 2.05) is 0 Å². The highest BCUT2D eigenvalue weighted by Crippen LogP contribution is 2.08. The van der Waals surface area contributed by atoms with Crippen molar-refractivity contribution in [2.45, 2.75) is 19.9 Å². The van der Waals surface area contributed by atoms with Crippen LogP contribution in [0.25, 0.3) is 0 Å². The van der Waals surface area contributed by atoms with Gasteiger partial charge in [-0.3, -0.25) is 9.59 Å². The summed E-state index contributed by atoms with van der Waals surface area (Å²) in [6.07, 6.45) is 0. The molecule has 0 saturated heterocycles. The maximum Gasteiger partial charge on any atom is 0.325 e. The van der Waals surface area contributed by atoms with Gasteiger partial charge < -0.3 is 10.4 Å². The van der Waals surface area contributed by atoms with Crippen molar-refractivity contribution in [2.75, 3.05) is 0 Å².